The van der Waals surface area contributed by atoms with Gasteiger partial charge in [-0.3, -0.25) is 9.59 Å². The van der Waals surface area contributed by atoms with E-state index in [1.54, 1.807) is 0 Å². The maximum atomic E-state index is 9.48. The lowest BCUT2D eigenvalue weighted by molar-refractivity contribution is -0.110. The van der Waals surface area contributed by atoms with E-state index in [0.29, 0.717) is 0 Å². The van der Waals surface area contributed by atoms with E-state index in [1.165, 1.54) is 0 Å². The molecule has 0 radical (unpaired) electrons. The Balaban J connectivity index is 4.25. The van der Waals surface area contributed by atoms with Gasteiger partial charge < -0.3 is 10.2 Å². The fourth-order valence-corrected chi connectivity index (χ4v) is 0.121. The smallest absolute Gasteiger partial charge is 0.201 e. The number of rotatable bonds is 2. The van der Waals surface area contributed by atoms with Crippen LogP contribution < -0.4 is 0 Å². The number of aldehydes is 2. The zero-order valence-electron chi connectivity index (χ0n) is 3.87. The first-order chi connectivity index (χ1) is 3.72. The van der Waals surface area contributed by atoms with Gasteiger partial charge in [-0.05, 0) is 0 Å². The molecule has 4 nitrogen and oxygen atoms in total. The zero-order valence-corrected chi connectivity index (χ0v) is 3.87. The lowest BCUT2D eigenvalue weighted by Crippen LogP contribution is -1.91. The molecule has 0 fully saturated rings. The van der Waals surface area contributed by atoms with Crippen molar-refractivity contribution in [1.29, 1.82) is 0 Å². The van der Waals surface area contributed by atoms with Crippen molar-refractivity contribution in [3.63, 3.8) is 0 Å². The fraction of sp³-hybridized carbons (Fsp3) is 0. The number of carbonyl (C=O) groups is 2. The maximum Gasteiger partial charge on any atom is 0.201 e. The summed E-state index contributed by atoms with van der Waals surface area (Å²) in [6, 6.07) is 0. The first-order valence-corrected chi connectivity index (χ1v) is 1.75. The Kier molecular flexibility index (Phi) is 2.33. The van der Waals surface area contributed by atoms with Crippen LogP contribution in [-0.2, 0) is 9.59 Å². The van der Waals surface area contributed by atoms with Crippen LogP contribution >= 0.6 is 0 Å². The lowest BCUT2D eigenvalue weighted by Gasteiger charge is -1.84. The average molecular weight is 116 g/mol. The standard InChI is InChI=1S/C4H4O4/c5-1-3(7)4(8)2-6/h1-2,7-8H/b4-3+. The van der Waals surface area contributed by atoms with Crippen molar-refractivity contribution in [2.24, 2.45) is 0 Å². The minimum Gasteiger partial charge on any atom is -0.502 e. The molecule has 0 saturated carbocycles. The van der Waals surface area contributed by atoms with E-state index in [0.717, 1.165) is 0 Å². The number of aliphatic hydroxyl groups excluding tert-OH is 2. The van der Waals surface area contributed by atoms with Crippen molar-refractivity contribution in [3.8, 4) is 0 Å². The Labute approximate surface area is 45.1 Å². The SMILES string of the molecule is O=C/C(O)=C(\O)C=O. The van der Waals surface area contributed by atoms with Gasteiger partial charge in [-0.15, -0.1) is 0 Å². The maximum absolute atomic E-state index is 9.48. The molecule has 0 bridgehead atoms. The molecule has 0 aliphatic rings. The number of allylic oxidation sites excluding steroid dienone is 2. The Hall–Kier alpha value is -1.32. The van der Waals surface area contributed by atoms with Crippen LogP contribution in [0, 0.1) is 0 Å². The summed E-state index contributed by atoms with van der Waals surface area (Å²) in [5.41, 5.74) is 0. The second-order valence-electron chi connectivity index (χ2n) is 1.01. The van der Waals surface area contributed by atoms with Crippen LogP contribution in [-0.4, -0.2) is 22.8 Å². The van der Waals surface area contributed by atoms with Crippen molar-refractivity contribution >= 4 is 12.6 Å². The highest BCUT2D eigenvalue weighted by Gasteiger charge is 1.96. The molecule has 8 heavy (non-hydrogen) atoms. The summed E-state index contributed by atoms with van der Waals surface area (Å²) >= 11 is 0. The molecule has 0 aromatic carbocycles. The predicted octanol–water partition coefficient (Wildman–Crippen LogP) is -0.288. The molecule has 0 amide bonds. The minimum atomic E-state index is -0.944. The van der Waals surface area contributed by atoms with Crippen LogP contribution in [0.2, 0.25) is 0 Å². The molecule has 2 N–H and O–H groups in total. The van der Waals surface area contributed by atoms with Crippen molar-refractivity contribution in [3.05, 3.63) is 11.5 Å². The van der Waals surface area contributed by atoms with E-state index >= 15 is 0 Å². The van der Waals surface area contributed by atoms with E-state index in [1.807, 2.05) is 0 Å². The Morgan fingerprint density at radius 2 is 1.25 bits per heavy atom. The summed E-state index contributed by atoms with van der Waals surface area (Å²) in [6.07, 6.45) is -0.0481. The van der Waals surface area contributed by atoms with Crippen molar-refractivity contribution in [1.82, 2.24) is 0 Å². The van der Waals surface area contributed by atoms with Crippen LogP contribution in [0.4, 0.5) is 0 Å². The zero-order chi connectivity index (χ0) is 6.57. The Morgan fingerprint density at radius 1 is 1.00 bits per heavy atom. The molecule has 0 aliphatic carbocycles. The summed E-state index contributed by atoms with van der Waals surface area (Å²) in [7, 11) is 0. The molecule has 0 aromatic rings. The van der Waals surface area contributed by atoms with E-state index in [-0.39, 0.29) is 12.6 Å². The first-order valence-electron chi connectivity index (χ1n) is 1.75. The molecule has 0 aliphatic heterocycles. The van der Waals surface area contributed by atoms with Gasteiger partial charge in [-0.25, -0.2) is 0 Å². The molecule has 44 valence electrons. The van der Waals surface area contributed by atoms with Crippen molar-refractivity contribution in [2.75, 3.05) is 0 Å². The monoisotopic (exact) mass is 116 g/mol. The second kappa shape index (κ2) is 2.79. The Morgan fingerprint density at radius 3 is 1.38 bits per heavy atom. The largest absolute Gasteiger partial charge is 0.502 e. The van der Waals surface area contributed by atoms with Crippen molar-refractivity contribution in [2.45, 2.75) is 0 Å². The quantitative estimate of drug-likeness (QED) is 0.295. The van der Waals surface area contributed by atoms with Gasteiger partial charge in [0, 0.05) is 0 Å². The molecule has 4 heteroatoms. The number of aliphatic hydroxyl groups is 2. The van der Waals surface area contributed by atoms with Crippen LogP contribution in [0.1, 0.15) is 0 Å². The average Bonchev–Trinajstić information content (AvgIpc) is 1.84. The molecule has 0 unspecified atom stereocenters. The van der Waals surface area contributed by atoms with Gasteiger partial charge >= 0.3 is 0 Å². The van der Waals surface area contributed by atoms with Crippen molar-refractivity contribution < 1.29 is 19.8 Å². The van der Waals surface area contributed by atoms with Gasteiger partial charge in [0.2, 0.25) is 11.5 Å². The second-order valence-corrected chi connectivity index (χ2v) is 1.01. The van der Waals surface area contributed by atoms with E-state index in [9.17, 15) is 9.59 Å². The minimum absolute atomic E-state index is 0.0241. The van der Waals surface area contributed by atoms with Gasteiger partial charge in [-0.2, -0.15) is 0 Å². The third-order valence-corrected chi connectivity index (χ3v) is 0.486. The molecule has 0 heterocycles. The third-order valence-electron chi connectivity index (χ3n) is 0.486. The topological polar surface area (TPSA) is 74.6 Å². The first kappa shape index (κ1) is 6.68. The summed E-state index contributed by atoms with van der Waals surface area (Å²) in [5, 5.41) is 16.3. The van der Waals surface area contributed by atoms with E-state index < -0.39 is 11.5 Å². The predicted molar refractivity (Wildman–Crippen MR) is 24.4 cm³/mol. The van der Waals surface area contributed by atoms with Gasteiger partial charge in [-0.1, -0.05) is 0 Å². The highest BCUT2D eigenvalue weighted by atomic mass is 16.3. The molecule has 0 rings (SSSR count). The summed E-state index contributed by atoms with van der Waals surface area (Å²) in [6.45, 7) is 0. The number of hydrogen-bond acceptors (Lipinski definition) is 4. The Bertz CT molecular complexity index is 119. The summed E-state index contributed by atoms with van der Waals surface area (Å²) in [4.78, 5) is 19.0. The highest BCUT2D eigenvalue weighted by Crippen LogP contribution is 1.86. The van der Waals surface area contributed by atoms with Gasteiger partial charge in [0.15, 0.2) is 12.6 Å². The molecule has 0 aromatic heterocycles. The van der Waals surface area contributed by atoms with E-state index in [4.69, 9.17) is 10.2 Å². The van der Waals surface area contributed by atoms with Crippen LogP contribution in [0.15, 0.2) is 11.5 Å². The summed E-state index contributed by atoms with van der Waals surface area (Å²) in [5.74, 6) is -1.89. The van der Waals surface area contributed by atoms with Gasteiger partial charge in [0.05, 0.1) is 0 Å². The number of carbonyl (C=O) groups excluding carboxylic acids is 2. The molecule has 0 spiro atoms. The third kappa shape index (κ3) is 1.42. The van der Waals surface area contributed by atoms with E-state index in [2.05, 4.69) is 0 Å². The van der Waals surface area contributed by atoms with Gasteiger partial charge in [0.1, 0.15) is 0 Å². The molecular weight excluding hydrogens is 112 g/mol. The fourth-order valence-electron chi connectivity index (χ4n) is 0.121. The highest BCUT2D eigenvalue weighted by molar-refractivity contribution is 5.81. The van der Waals surface area contributed by atoms with Crippen LogP contribution in [0.25, 0.3) is 0 Å². The molecule has 0 atom stereocenters. The molecule has 0 saturated heterocycles. The van der Waals surface area contributed by atoms with Gasteiger partial charge in [0.25, 0.3) is 0 Å². The van der Waals surface area contributed by atoms with Crippen LogP contribution in [0.3, 0.4) is 0 Å². The number of hydrogen-bond donors (Lipinski definition) is 2. The van der Waals surface area contributed by atoms with Crippen LogP contribution in [0.5, 0.6) is 0 Å². The normalized spacial score (nSPS) is 12.0. The lowest BCUT2D eigenvalue weighted by atomic mass is 10.4. The molecular formula is C4H4O4. The summed E-state index contributed by atoms with van der Waals surface area (Å²) < 4.78 is 0.